The molecule has 3 aromatic rings. The predicted molar refractivity (Wildman–Crippen MR) is 107 cm³/mol. The van der Waals surface area contributed by atoms with E-state index in [1.165, 1.54) is 0 Å². The molecular formula is C18H20Cl2N6O. The summed E-state index contributed by atoms with van der Waals surface area (Å²) in [6.45, 7) is 1.92. The van der Waals surface area contributed by atoms with E-state index < -0.39 is 0 Å². The molecule has 1 aliphatic heterocycles. The zero-order valence-electron chi connectivity index (χ0n) is 14.5. The summed E-state index contributed by atoms with van der Waals surface area (Å²) in [5.41, 5.74) is 1.16. The summed E-state index contributed by atoms with van der Waals surface area (Å²) in [4.78, 5) is 12.6. The normalized spacial score (nSPS) is 16.6. The third kappa shape index (κ3) is 4.32. The molecule has 0 spiro atoms. The largest absolute Gasteiger partial charge is 0.315 e. The van der Waals surface area contributed by atoms with Crippen LogP contribution in [-0.2, 0) is 0 Å². The van der Waals surface area contributed by atoms with Crippen LogP contribution in [-0.4, -0.2) is 38.6 Å². The van der Waals surface area contributed by atoms with E-state index in [9.17, 15) is 4.79 Å². The molecule has 1 fully saturated rings. The van der Waals surface area contributed by atoms with Gasteiger partial charge in [-0.05, 0) is 43.7 Å². The van der Waals surface area contributed by atoms with Crippen LogP contribution in [0.2, 0.25) is 5.02 Å². The van der Waals surface area contributed by atoms with Crippen LogP contribution in [0.15, 0.2) is 48.8 Å². The number of nitrogens with one attached hydrogen (secondary N) is 2. The fraction of sp³-hybridized carbons (Fsp3) is 0.278. The minimum absolute atomic E-state index is 0. The number of benzene rings is 1. The van der Waals surface area contributed by atoms with Crippen molar-refractivity contribution in [1.29, 1.82) is 0 Å². The van der Waals surface area contributed by atoms with Gasteiger partial charge in [-0.1, -0.05) is 17.7 Å². The zero-order valence-corrected chi connectivity index (χ0v) is 16.1. The van der Waals surface area contributed by atoms with Crippen LogP contribution in [0, 0.1) is 0 Å². The molecule has 2 aromatic heterocycles. The Morgan fingerprint density at radius 2 is 2.19 bits per heavy atom. The van der Waals surface area contributed by atoms with Crippen molar-refractivity contribution >= 4 is 35.7 Å². The molecule has 1 unspecified atom stereocenters. The first-order chi connectivity index (χ1) is 12.7. The second kappa shape index (κ2) is 8.56. The van der Waals surface area contributed by atoms with Crippen molar-refractivity contribution in [3.63, 3.8) is 0 Å². The molecule has 1 atom stereocenters. The SMILES string of the molecule is Cl.O=C(Nc1ccnn1-c1cccc(Cl)c1)c1ccn(C2CCCNC2)n1. The Hall–Kier alpha value is -2.35. The van der Waals surface area contributed by atoms with E-state index in [1.54, 1.807) is 35.1 Å². The Morgan fingerprint density at radius 1 is 1.30 bits per heavy atom. The lowest BCUT2D eigenvalue weighted by atomic mass is 10.1. The Labute approximate surface area is 168 Å². The standard InChI is InChI=1S/C18H19ClN6O.ClH/c19-13-3-1-4-14(11-13)25-17(6-9-21-25)22-18(26)16-7-10-24(23-16)15-5-2-8-20-12-15;/h1,3-4,6-7,9-11,15,20H,2,5,8,12H2,(H,22,26);1H. The number of carbonyl (C=O) groups is 1. The van der Waals surface area contributed by atoms with Crippen molar-refractivity contribution in [2.45, 2.75) is 18.9 Å². The topological polar surface area (TPSA) is 76.8 Å². The molecule has 142 valence electrons. The monoisotopic (exact) mass is 406 g/mol. The van der Waals surface area contributed by atoms with Gasteiger partial charge in [-0.3, -0.25) is 9.48 Å². The maximum Gasteiger partial charge on any atom is 0.277 e. The molecule has 2 N–H and O–H groups in total. The highest BCUT2D eigenvalue weighted by atomic mass is 35.5. The highest BCUT2D eigenvalue weighted by molar-refractivity contribution is 6.30. The number of piperidine rings is 1. The molecule has 1 aliphatic rings. The summed E-state index contributed by atoms with van der Waals surface area (Å²) in [5.74, 6) is 0.294. The zero-order chi connectivity index (χ0) is 17.9. The van der Waals surface area contributed by atoms with Gasteiger partial charge < -0.3 is 10.6 Å². The lowest BCUT2D eigenvalue weighted by molar-refractivity contribution is 0.102. The van der Waals surface area contributed by atoms with E-state index in [2.05, 4.69) is 20.8 Å². The van der Waals surface area contributed by atoms with Gasteiger partial charge >= 0.3 is 0 Å². The molecule has 1 saturated heterocycles. The highest BCUT2D eigenvalue weighted by Crippen LogP contribution is 2.20. The second-order valence-electron chi connectivity index (χ2n) is 6.24. The van der Waals surface area contributed by atoms with Crippen molar-refractivity contribution in [2.75, 3.05) is 18.4 Å². The van der Waals surface area contributed by atoms with Crippen LogP contribution >= 0.6 is 24.0 Å². The molecule has 7 nitrogen and oxygen atoms in total. The number of hydrogen-bond acceptors (Lipinski definition) is 4. The van der Waals surface area contributed by atoms with E-state index in [4.69, 9.17) is 11.6 Å². The third-order valence-corrected chi connectivity index (χ3v) is 4.66. The number of hydrogen-bond donors (Lipinski definition) is 2. The Bertz CT molecular complexity index is 916. The highest BCUT2D eigenvalue weighted by Gasteiger charge is 2.18. The molecule has 0 bridgehead atoms. The summed E-state index contributed by atoms with van der Waals surface area (Å²) in [7, 11) is 0. The van der Waals surface area contributed by atoms with Crippen LogP contribution in [0.4, 0.5) is 5.82 Å². The van der Waals surface area contributed by atoms with Crippen LogP contribution in [0.25, 0.3) is 5.69 Å². The molecule has 0 saturated carbocycles. The first kappa shape index (κ1) is 19.4. The van der Waals surface area contributed by atoms with E-state index in [0.717, 1.165) is 31.6 Å². The fourth-order valence-corrected chi connectivity index (χ4v) is 3.30. The minimum atomic E-state index is -0.267. The van der Waals surface area contributed by atoms with Gasteiger partial charge in [0.15, 0.2) is 5.69 Å². The number of aromatic nitrogens is 4. The smallest absolute Gasteiger partial charge is 0.277 e. The van der Waals surface area contributed by atoms with Gasteiger partial charge in [0.1, 0.15) is 5.82 Å². The summed E-state index contributed by atoms with van der Waals surface area (Å²) < 4.78 is 3.50. The van der Waals surface area contributed by atoms with Gasteiger partial charge in [-0.25, -0.2) is 4.68 Å². The van der Waals surface area contributed by atoms with Crippen LogP contribution in [0.1, 0.15) is 29.4 Å². The molecule has 1 aromatic carbocycles. The first-order valence-electron chi connectivity index (χ1n) is 8.58. The number of amides is 1. The molecule has 0 radical (unpaired) electrons. The molecule has 27 heavy (non-hydrogen) atoms. The van der Waals surface area contributed by atoms with E-state index in [-0.39, 0.29) is 18.3 Å². The van der Waals surface area contributed by atoms with Crippen LogP contribution in [0.3, 0.4) is 0 Å². The predicted octanol–water partition coefficient (Wildman–Crippen LogP) is 3.32. The number of halogens is 2. The Morgan fingerprint density at radius 3 is 2.96 bits per heavy atom. The Kier molecular flexibility index (Phi) is 6.15. The number of rotatable bonds is 4. The number of carbonyl (C=O) groups excluding carboxylic acids is 1. The third-order valence-electron chi connectivity index (χ3n) is 4.42. The minimum Gasteiger partial charge on any atom is -0.315 e. The average Bonchev–Trinajstić information content (AvgIpc) is 3.32. The Balaban J connectivity index is 0.00000210. The summed E-state index contributed by atoms with van der Waals surface area (Å²) in [5, 5.41) is 15.5. The van der Waals surface area contributed by atoms with Crippen molar-refractivity contribution in [2.24, 2.45) is 0 Å². The average molecular weight is 407 g/mol. The molecule has 0 aliphatic carbocycles. The molecule has 9 heteroatoms. The van der Waals surface area contributed by atoms with Crippen LogP contribution < -0.4 is 10.6 Å². The number of nitrogens with zero attached hydrogens (tertiary/aromatic N) is 4. The van der Waals surface area contributed by atoms with Gasteiger partial charge in [-0.2, -0.15) is 10.2 Å². The summed E-state index contributed by atoms with van der Waals surface area (Å²) in [6, 6.07) is 11.1. The van der Waals surface area contributed by atoms with Gasteiger partial charge in [0.25, 0.3) is 5.91 Å². The van der Waals surface area contributed by atoms with E-state index in [1.807, 2.05) is 23.0 Å². The molecule has 3 heterocycles. The first-order valence-corrected chi connectivity index (χ1v) is 8.96. The molecule has 4 rings (SSSR count). The lowest BCUT2D eigenvalue weighted by Crippen LogP contribution is -2.32. The van der Waals surface area contributed by atoms with Crippen molar-refractivity contribution < 1.29 is 4.79 Å². The fourth-order valence-electron chi connectivity index (χ4n) is 3.11. The maximum absolute atomic E-state index is 12.6. The van der Waals surface area contributed by atoms with Crippen molar-refractivity contribution in [3.8, 4) is 5.69 Å². The van der Waals surface area contributed by atoms with Gasteiger partial charge in [0.2, 0.25) is 0 Å². The van der Waals surface area contributed by atoms with Gasteiger partial charge in [0, 0.05) is 23.8 Å². The van der Waals surface area contributed by atoms with Crippen molar-refractivity contribution in [1.82, 2.24) is 24.9 Å². The van der Waals surface area contributed by atoms with E-state index in [0.29, 0.717) is 22.6 Å². The summed E-state index contributed by atoms with van der Waals surface area (Å²) >= 11 is 6.05. The van der Waals surface area contributed by atoms with Gasteiger partial charge in [0.05, 0.1) is 17.9 Å². The lowest BCUT2D eigenvalue weighted by Gasteiger charge is -2.22. The van der Waals surface area contributed by atoms with Crippen LogP contribution in [0.5, 0.6) is 0 Å². The van der Waals surface area contributed by atoms with E-state index >= 15 is 0 Å². The van der Waals surface area contributed by atoms with Gasteiger partial charge in [-0.15, -0.1) is 12.4 Å². The summed E-state index contributed by atoms with van der Waals surface area (Å²) in [6.07, 6.45) is 5.67. The number of anilines is 1. The molecule has 1 amide bonds. The quantitative estimate of drug-likeness (QED) is 0.696. The molecular weight excluding hydrogens is 387 g/mol. The van der Waals surface area contributed by atoms with Crippen molar-refractivity contribution in [3.05, 3.63) is 59.5 Å². The second-order valence-corrected chi connectivity index (χ2v) is 6.68. The maximum atomic E-state index is 12.6.